The molecule has 1 aromatic heterocycles. The van der Waals surface area contributed by atoms with Crippen LogP contribution in [0.4, 0.5) is 0 Å². The normalized spacial score (nSPS) is 23.9. The van der Waals surface area contributed by atoms with Gasteiger partial charge in [-0.25, -0.2) is 0 Å². The molecular weight excluding hydrogens is 390 g/mol. The van der Waals surface area contributed by atoms with Crippen LogP contribution in [0.5, 0.6) is 5.75 Å². The number of hydrogen-bond donors (Lipinski definition) is 2. The third-order valence-electron chi connectivity index (χ3n) is 7.05. The molecule has 1 saturated heterocycles. The van der Waals surface area contributed by atoms with Gasteiger partial charge in [0.2, 0.25) is 0 Å². The summed E-state index contributed by atoms with van der Waals surface area (Å²) in [7, 11) is 3.37. The van der Waals surface area contributed by atoms with Crippen LogP contribution in [-0.4, -0.2) is 49.6 Å². The van der Waals surface area contributed by atoms with Gasteiger partial charge in [0.15, 0.2) is 0 Å². The van der Waals surface area contributed by atoms with E-state index in [1.54, 1.807) is 20.5 Å². The SMILES string of the molecule is CCCNC(=O)/C(=C/OC)[C@H]1C[C@H]2c3[nH]c4cccc(OC)c4c3CCN2C[C@H]1CC. The predicted octanol–water partition coefficient (Wildman–Crippen LogP) is 4.18. The molecule has 1 fully saturated rings. The van der Waals surface area contributed by atoms with Crippen molar-refractivity contribution in [2.24, 2.45) is 11.8 Å². The number of methoxy groups -OCH3 is 2. The summed E-state index contributed by atoms with van der Waals surface area (Å²) >= 11 is 0. The zero-order valence-electron chi connectivity index (χ0n) is 19.2. The highest BCUT2D eigenvalue weighted by atomic mass is 16.5. The monoisotopic (exact) mass is 425 g/mol. The minimum atomic E-state index is 0.00921. The van der Waals surface area contributed by atoms with Gasteiger partial charge in [0, 0.05) is 36.2 Å². The maximum absolute atomic E-state index is 13.0. The van der Waals surface area contributed by atoms with E-state index >= 15 is 0 Å². The van der Waals surface area contributed by atoms with E-state index < -0.39 is 0 Å². The maximum atomic E-state index is 13.0. The van der Waals surface area contributed by atoms with Gasteiger partial charge in [-0.2, -0.15) is 0 Å². The minimum absolute atomic E-state index is 0.00921. The molecule has 3 heterocycles. The fraction of sp³-hybridized carbons (Fsp3) is 0.560. The van der Waals surface area contributed by atoms with Crippen molar-refractivity contribution in [3.63, 3.8) is 0 Å². The van der Waals surface area contributed by atoms with E-state index in [2.05, 4.69) is 35.1 Å². The van der Waals surface area contributed by atoms with Gasteiger partial charge >= 0.3 is 0 Å². The van der Waals surface area contributed by atoms with Gasteiger partial charge in [-0.1, -0.05) is 26.3 Å². The van der Waals surface area contributed by atoms with Crippen molar-refractivity contribution >= 4 is 16.8 Å². The first-order valence-corrected chi connectivity index (χ1v) is 11.5. The number of nitrogens with one attached hydrogen (secondary N) is 2. The number of benzene rings is 1. The van der Waals surface area contributed by atoms with Crippen molar-refractivity contribution in [3.05, 3.63) is 41.3 Å². The third-order valence-corrected chi connectivity index (χ3v) is 7.05. The van der Waals surface area contributed by atoms with Crippen molar-refractivity contribution in [1.82, 2.24) is 15.2 Å². The molecule has 2 aliphatic heterocycles. The molecule has 6 nitrogen and oxygen atoms in total. The van der Waals surface area contributed by atoms with Crippen molar-refractivity contribution in [1.29, 1.82) is 0 Å². The molecule has 1 amide bonds. The van der Waals surface area contributed by atoms with E-state index in [9.17, 15) is 4.79 Å². The number of piperidine rings is 1. The van der Waals surface area contributed by atoms with Crippen molar-refractivity contribution < 1.29 is 14.3 Å². The first-order chi connectivity index (χ1) is 15.1. The summed E-state index contributed by atoms with van der Waals surface area (Å²) in [6, 6.07) is 6.48. The molecule has 2 N–H and O–H groups in total. The lowest BCUT2D eigenvalue weighted by Gasteiger charge is -2.46. The molecule has 0 spiro atoms. The van der Waals surface area contributed by atoms with Crippen molar-refractivity contribution in [3.8, 4) is 5.75 Å². The van der Waals surface area contributed by atoms with Crippen LogP contribution in [-0.2, 0) is 16.0 Å². The Labute approximate surface area is 185 Å². The van der Waals surface area contributed by atoms with E-state index in [1.807, 2.05) is 12.1 Å². The lowest BCUT2D eigenvalue weighted by Crippen LogP contribution is -2.47. The molecule has 0 unspecified atom stereocenters. The van der Waals surface area contributed by atoms with Gasteiger partial charge < -0.3 is 19.8 Å². The van der Waals surface area contributed by atoms with E-state index in [0.717, 1.165) is 55.6 Å². The Bertz CT molecular complexity index is 964. The lowest BCUT2D eigenvalue weighted by atomic mass is 9.74. The molecule has 0 radical (unpaired) electrons. The number of H-pyrrole nitrogens is 1. The quantitative estimate of drug-likeness (QED) is 0.516. The summed E-state index contributed by atoms with van der Waals surface area (Å²) in [5.41, 5.74) is 4.57. The van der Waals surface area contributed by atoms with E-state index in [1.165, 1.54) is 16.6 Å². The smallest absolute Gasteiger partial charge is 0.250 e. The molecule has 31 heavy (non-hydrogen) atoms. The Morgan fingerprint density at radius 2 is 2.16 bits per heavy atom. The van der Waals surface area contributed by atoms with Gasteiger partial charge in [-0.05, 0) is 48.8 Å². The fourth-order valence-corrected chi connectivity index (χ4v) is 5.53. The Hall–Kier alpha value is -2.47. The average Bonchev–Trinajstić information content (AvgIpc) is 3.19. The second-order valence-corrected chi connectivity index (χ2v) is 8.74. The first kappa shape index (κ1) is 21.8. The van der Waals surface area contributed by atoms with E-state index in [0.29, 0.717) is 12.5 Å². The Kier molecular flexibility index (Phi) is 6.56. The fourth-order valence-electron chi connectivity index (χ4n) is 5.53. The number of aromatic nitrogens is 1. The molecule has 0 bridgehead atoms. The van der Waals surface area contributed by atoms with Crippen LogP contribution >= 0.6 is 0 Å². The number of fused-ring (bicyclic) bond motifs is 5. The molecule has 3 atom stereocenters. The second-order valence-electron chi connectivity index (χ2n) is 8.74. The molecular formula is C25H35N3O3. The van der Waals surface area contributed by atoms with Crippen LogP contribution in [0.3, 0.4) is 0 Å². The number of ether oxygens (including phenoxy) is 2. The van der Waals surface area contributed by atoms with Crippen LogP contribution in [0.15, 0.2) is 30.0 Å². The molecule has 2 aliphatic rings. The highest BCUT2D eigenvalue weighted by Gasteiger charge is 2.42. The van der Waals surface area contributed by atoms with Crippen LogP contribution in [0.25, 0.3) is 10.9 Å². The third kappa shape index (κ3) is 3.93. The number of hydrogen-bond acceptors (Lipinski definition) is 4. The minimum Gasteiger partial charge on any atom is -0.504 e. The topological polar surface area (TPSA) is 66.6 Å². The molecule has 6 heteroatoms. The van der Waals surface area contributed by atoms with Gasteiger partial charge in [-0.15, -0.1) is 0 Å². The van der Waals surface area contributed by atoms with E-state index in [-0.39, 0.29) is 17.9 Å². The zero-order chi connectivity index (χ0) is 22.0. The van der Waals surface area contributed by atoms with Gasteiger partial charge in [0.1, 0.15) is 5.75 Å². The summed E-state index contributed by atoms with van der Waals surface area (Å²) in [5, 5.41) is 4.27. The number of rotatable bonds is 7. The summed E-state index contributed by atoms with van der Waals surface area (Å²) in [5.74, 6) is 1.55. The first-order valence-electron chi connectivity index (χ1n) is 11.5. The summed E-state index contributed by atoms with van der Waals surface area (Å²) in [6.07, 6.45) is 5.57. The van der Waals surface area contributed by atoms with Gasteiger partial charge in [-0.3, -0.25) is 9.69 Å². The number of carbonyl (C=O) groups is 1. The number of amides is 1. The van der Waals surface area contributed by atoms with E-state index in [4.69, 9.17) is 9.47 Å². The average molecular weight is 426 g/mol. The second kappa shape index (κ2) is 9.35. The molecule has 4 rings (SSSR count). The maximum Gasteiger partial charge on any atom is 0.250 e. The molecule has 1 aromatic carbocycles. The molecule has 0 aliphatic carbocycles. The molecule has 2 aromatic rings. The standard InChI is InChI=1S/C25H35N3O3/c1-5-11-26-25(29)19(15-30-3)18-13-21-24-17(10-12-28(21)14-16(18)6-2)23-20(27-24)8-7-9-22(23)31-4/h7-9,15-16,18,21,27H,5-6,10-14H2,1-4H3,(H,26,29)/b19-15+/t16-,18+,21+/m1/s1. The Morgan fingerprint density at radius 1 is 1.32 bits per heavy atom. The number of aromatic amines is 1. The molecule has 0 saturated carbocycles. The van der Waals surface area contributed by atoms with Crippen LogP contribution in [0.1, 0.15) is 50.4 Å². The van der Waals surface area contributed by atoms with Crippen molar-refractivity contribution in [2.45, 2.75) is 45.6 Å². The van der Waals surface area contributed by atoms with Crippen LogP contribution in [0, 0.1) is 11.8 Å². The zero-order valence-corrected chi connectivity index (χ0v) is 19.2. The van der Waals surface area contributed by atoms with Crippen LogP contribution < -0.4 is 10.1 Å². The number of nitrogens with zero attached hydrogens (tertiary/aromatic N) is 1. The highest BCUT2D eigenvalue weighted by molar-refractivity contribution is 5.94. The molecule has 168 valence electrons. The predicted molar refractivity (Wildman–Crippen MR) is 123 cm³/mol. The highest BCUT2D eigenvalue weighted by Crippen LogP contribution is 2.46. The lowest BCUT2D eigenvalue weighted by molar-refractivity contribution is -0.118. The Balaban J connectivity index is 1.71. The van der Waals surface area contributed by atoms with Crippen molar-refractivity contribution in [2.75, 3.05) is 33.9 Å². The summed E-state index contributed by atoms with van der Waals surface area (Å²) < 4.78 is 11.0. The summed E-state index contributed by atoms with van der Waals surface area (Å²) in [6.45, 7) is 7.03. The van der Waals surface area contributed by atoms with Crippen LogP contribution in [0.2, 0.25) is 0 Å². The number of carbonyl (C=O) groups excluding carboxylic acids is 1. The van der Waals surface area contributed by atoms with Gasteiger partial charge in [0.05, 0.1) is 32.1 Å². The largest absolute Gasteiger partial charge is 0.504 e. The Morgan fingerprint density at radius 3 is 2.87 bits per heavy atom. The summed E-state index contributed by atoms with van der Waals surface area (Å²) in [4.78, 5) is 19.3. The van der Waals surface area contributed by atoms with Gasteiger partial charge in [0.25, 0.3) is 5.91 Å².